The second-order valence-electron chi connectivity index (χ2n) is 2.07. The van der Waals surface area contributed by atoms with Crippen molar-refractivity contribution >= 4 is 5.97 Å². The van der Waals surface area contributed by atoms with E-state index in [9.17, 15) is 4.79 Å². The molecule has 60 valence electrons. The number of carboxylic acids is 1. The van der Waals surface area contributed by atoms with Crippen molar-refractivity contribution in [1.82, 2.24) is 0 Å². The minimum atomic E-state index is -1.11. The molecule has 0 aliphatic heterocycles. The normalized spacial score (nSPS) is 13.0. The number of unbranched alkanes of at least 4 members (excludes halogenated alkanes) is 1. The molecular formula is C6H12O4. The predicted molar refractivity (Wildman–Crippen MR) is 34.7 cm³/mol. The smallest absolute Gasteiger partial charge is 0.336 e. The van der Waals surface area contributed by atoms with Crippen LogP contribution in [0.4, 0.5) is 0 Å². The summed E-state index contributed by atoms with van der Waals surface area (Å²) in [5.41, 5.74) is 0. The first-order valence-corrected chi connectivity index (χ1v) is 3.25. The van der Waals surface area contributed by atoms with E-state index in [2.05, 4.69) is 4.89 Å². The minimum Gasteiger partial charge on any atom is -0.479 e. The van der Waals surface area contributed by atoms with Gasteiger partial charge < -0.3 is 5.11 Å². The molecule has 0 spiro atoms. The van der Waals surface area contributed by atoms with Crippen molar-refractivity contribution in [2.24, 2.45) is 0 Å². The highest BCUT2D eigenvalue weighted by molar-refractivity contribution is 5.72. The average Bonchev–Trinajstić information content (AvgIpc) is 1.89. The Labute approximate surface area is 59.4 Å². The van der Waals surface area contributed by atoms with E-state index in [0.717, 1.165) is 12.8 Å². The summed E-state index contributed by atoms with van der Waals surface area (Å²) in [6.07, 6.45) is 0.951. The lowest BCUT2D eigenvalue weighted by molar-refractivity contribution is -0.277. The van der Waals surface area contributed by atoms with Crippen molar-refractivity contribution in [3.05, 3.63) is 0 Å². The van der Waals surface area contributed by atoms with Gasteiger partial charge in [-0.3, -0.25) is 5.26 Å². The molecule has 0 amide bonds. The summed E-state index contributed by atoms with van der Waals surface area (Å²) in [6, 6.07) is 0. The molecule has 0 saturated heterocycles. The van der Waals surface area contributed by atoms with Gasteiger partial charge in [0, 0.05) is 0 Å². The first kappa shape index (κ1) is 9.39. The molecule has 0 aromatic heterocycles. The molecule has 2 N–H and O–H groups in total. The number of hydrogen-bond acceptors (Lipinski definition) is 3. The maximum atomic E-state index is 10.2. The van der Waals surface area contributed by atoms with E-state index in [1.54, 1.807) is 0 Å². The standard InChI is InChI=1S/C6H12O4/c1-2-3-4-5(10-9)6(7)8/h5,9H,2-4H2,1H3,(H,7,8). The Morgan fingerprint density at radius 3 is 2.60 bits per heavy atom. The van der Waals surface area contributed by atoms with E-state index >= 15 is 0 Å². The zero-order valence-corrected chi connectivity index (χ0v) is 5.91. The van der Waals surface area contributed by atoms with E-state index in [-0.39, 0.29) is 0 Å². The fourth-order valence-corrected chi connectivity index (χ4v) is 0.611. The monoisotopic (exact) mass is 148 g/mol. The van der Waals surface area contributed by atoms with Gasteiger partial charge >= 0.3 is 5.97 Å². The van der Waals surface area contributed by atoms with Crippen molar-refractivity contribution in [3.8, 4) is 0 Å². The first-order valence-electron chi connectivity index (χ1n) is 3.25. The van der Waals surface area contributed by atoms with Gasteiger partial charge in [-0.2, -0.15) is 0 Å². The van der Waals surface area contributed by atoms with E-state index in [0.29, 0.717) is 6.42 Å². The molecule has 0 aromatic carbocycles. The van der Waals surface area contributed by atoms with Gasteiger partial charge in [0.1, 0.15) is 0 Å². The van der Waals surface area contributed by atoms with E-state index in [1.165, 1.54) is 0 Å². The molecule has 0 rings (SSSR count). The fraction of sp³-hybridized carbons (Fsp3) is 0.833. The largest absolute Gasteiger partial charge is 0.479 e. The first-order chi connectivity index (χ1) is 4.72. The molecule has 0 aliphatic carbocycles. The van der Waals surface area contributed by atoms with Crippen LogP contribution in [0.1, 0.15) is 26.2 Å². The van der Waals surface area contributed by atoms with Crippen LogP contribution < -0.4 is 0 Å². The van der Waals surface area contributed by atoms with Gasteiger partial charge in [0.15, 0.2) is 6.10 Å². The molecule has 0 aliphatic rings. The Morgan fingerprint density at radius 1 is 1.70 bits per heavy atom. The van der Waals surface area contributed by atoms with Gasteiger partial charge in [-0.05, 0) is 6.42 Å². The molecule has 0 bridgehead atoms. The van der Waals surface area contributed by atoms with E-state index in [4.69, 9.17) is 10.4 Å². The number of carbonyl (C=O) groups is 1. The molecule has 4 nitrogen and oxygen atoms in total. The lowest BCUT2D eigenvalue weighted by Crippen LogP contribution is -2.22. The maximum absolute atomic E-state index is 10.2. The second kappa shape index (κ2) is 5.20. The van der Waals surface area contributed by atoms with Crippen molar-refractivity contribution in [3.63, 3.8) is 0 Å². The fourth-order valence-electron chi connectivity index (χ4n) is 0.611. The highest BCUT2D eigenvalue weighted by atomic mass is 17.1. The summed E-state index contributed by atoms with van der Waals surface area (Å²) in [4.78, 5) is 13.9. The SMILES string of the molecule is CCCCC(OO)C(=O)O. The number of carboxylic acid groups (broad SMARTS) is 1. The summed E-state index contributed by atoms with van der Waals surface area (Å²) in [5, 5.41) is 16.4. The molecule has 0 aromatic rings. The number of rotatable bonds is 5. The molecule has 1 unspecified atom stereocenters. The maximum Gasteiger partial charge on any atom is 0.336 e. The van der Waals surface area contributed by atoms with Crippen molar-refractivity contribution in [2.45, 2.75) is 32.3 Å². The van der Waals surface area contributed by atoms with Crippen LogP contribution in [0, 0.1) is 0 Å². The van der Waals surface area contributed by atoms with E-state index < -0.39 is 12.1 Å². The van der Waals surface area contributed by atoms with Gasteiger partial charge in [-0.15, -0.1) is 0 Å². The van der Waals surface area contributed by atoms with Crippen molar-refractivity contribution < 1.29 is 20.0 Å². The third-order valence-corrected chi connectivity index (χ3v) is 1.22. The van der Waals surface area contributed by atoms with Gasteiger partial charge in [-0.1, -0.05) is 19.8 Å². The van der Waals surface area contributed by atoms with Gasteiger partial charge in [0.05, 0.1) is 0 Å². The van der Waals surface area contributed by atoms with Crippen LogP contribution >= 0.6 is 0 Å². The van der Waals surface area contributed by atoms with Crippen LogP contribution in [0.3, 0.4) is 0 Å². The topological polar surface area (TPSA) is 66.8 Å². The quantitative estimate of drug-likeness (QED) is 0.453. The van der Waals surface area contributed by atoms with E-state index in [1.807, 2.05) is 6.92 Å². The number of aliphatic carboxylic acids is 1. The van der Waals surface area contributed by atoms with Crippen LogP contribution in [-0.4, -0.2) is 22.4 Å². The third kappa shape index (κ3) is 3.42. The van der Waals surface area contributed by atoms with Gasteiger partial charge in [0.2, 0.25) is 0 Å². The zero-order valence-electron chi connectivity index (χ0n) is 5.91. The van der Waals surface area contributed by atoms with Crippen LogP contribution in [-0.2, 0) is 9.68 Å². The van der Waals surface area contributed by atoms with Gasteiger partial charge in [0.25, 0.3) is 0 Å². The molecule has 10 heavy (non-hydrogen) atoms. The Balaban J connectivity index is 3.50. The molecule has 0 fully saturated rings. The van der Waals surface area contributed by atoms with Crippen LogP contribution in [0.5, 0.6) is 0 Å². The van der Waals surface area contributed by atoms with Crippen LogP contribution in [0.25, 0.3) is 0 Å². The Morgan fingerprint density at radius 2 is 2.30 bits per heavy atom. The summed E-state index contributed by atoms with van der Waals surface area (Å²) in [5.74, 6) is -1.11. The predicted octanol–water partition coefficient (Wildman–Crippen LogP) is 1.12. The van der Waals surface area contributed by atoms with Crippen molar-refractivity contribution in [1.29, 1.82) is 0 Å². The summed E-state index contributed by atoms with van der Waals surface area (Å²) < 4.78 is 0. The highest BCUT2D eigenvalue weighted by Gasteiger charge is 2.16. The summed E-state index contributed by atoms with van der Waals surface area (Å²) >= 11 is 0. The molecule has 0 saturated carbocycles. The molecule has 0 heterocycles. The molecule has 0 radical (unpaired) electrons. The second-order valence-corrected chi connectivity index (χ2v) is 2.07. The highest BCUT2D eigenvalue weighted by Crippen LogP contribution is 2.02. The van der Waals surface area contributed by atoms with Crippen LogP contribution in [0.2, 0.25) is 0 Å². The van der Waals surface area contributed by atoms with Crippen LogP contribution in [0.15, 0.2) is 0 Å². The zero-order chi connectivity index (χ0) is 7.98. The lowest BCUT2D eigenvalue weighted by Gasteiger charge is -2.05. The number of hydrogen-bond donors (Lipinski definition) is 2. The Bertz CT molecular complexity index is 102. The molecule has 4 heteroatoms. The van der Waals surface area contributed by atoms with Gasteiger partial charge in [-0.25, -0.2) is 9.68 Å². The van der Waals surface area contributed by atoms with Crippen molar-refractivity contribution in [2.75, 3.05) is 0 Å². The lowest BCUT2D eigenvalue weighted by atomic mass is 10.2. The molecular weight excluding hydrogens is 136 g/mol. The minimum absolute atomic E-state index is 0.363. The summed E-state index contributed by atoms with van der Waals surface area (Å²) in [6.45, 7) is 1.94. The Kier molecular flexibility index (Phi) is 4.88. The Hall–Kier alpha value is -0.610. The molecule has 1 atom stereocenters. The summed E-state index contributed by atoms with van der Waals surface area (Å²) in [7, 11) is 0. The average molecular weight is 148 g/mol. The third-order valence-electron chi connectivity index (χ3n) is 1.22.